The summed E-state index contributed by atoms with van der Waals surface area (Å²) in [5.41, 5.74) is 2.41. The first kappa shape index (κ1) is 17.6. The van der Waals surface area contributed by atoms with Gasteiger partial charge in [0.15, 0.2) is 5.82 Å². The zero-order chi connectivity index (χ0) is 18.5. The minimum atomic E-state index is 0.823. The highest BCUT2D eigenvalue weighted by Crippen LogP contribution is 2.24. The van der Waals surface area contributed by atoms with E-state index in [9.17, 15) is 0 Å². The van der Waals surface area contributed by atoms with Gasteiger partial charge in [-0.25, -0.2) is 4.98 Å². The Morgan fingerprint density at radius 3 is 2.63 bits per heavy atom. The summed E-state index contributed by atoms with van der Waals surface area (Å²) in [6.07, 6.45) is 8.00. The molecule has 0 spiro atoms. The lowest BCUT2D eigenvalue weighted by molar-refractivity contribution is 0.414. The molecule has 2 heterocycles. The predicted octanol–water partition coefficient (Wildman–Crippen LogP) is 5.33. The first-order valence-electron chi connectivity index (χ1n) is 9.11. The Labute approximate surface area is 163 Å². The highest BCUT2D eigenvalue weighted by atomic mass is 32.1. The van der Waals surface area contributed by atoms with E-state index in [0.717, 1.165) is 53.2 Å². The van der Waals surface area contributed by atoms with Crippen LogP contribution in [0.1, 0.15) is 23.4 Å². The number of aromatic nitrogens is 3. The van der Waals surface area contributed by atoms with Gasteiger partial charge in [-0.05, 0) is 66.0 Å². The molecule has 0 saturated heterocycles. The number of pyridine rings is 1. The number of methoxy groups -OCH3 is 1. The molecular formula is C22H21N3OS. The Morgan fingerprint density at radius 1 is 0.926 bits per heavy atom. The van der Waals surface area contributed by atoms with Crippen LogP contribution in [0, 0.1) is 0 Å². The largest absolute Gasteiger partial charge is 0.497 e. The molecule has 2 aromatic heterocycles. The molecule has 0 fully saturated rings. The molecule has 0 aliphatic heterocycles. The average Bonchev–Trinajstić information content (AvgIpc) is 3.20. The molecule has 4 aromatic rings. The minimum absolute atomic E-state index is 0.823. The van der Waals surface area contributed by atoms with Crippen molar-refractivity contribution in [3.8, 4) is 17.1 Å². The number of fused-ring (bicyclic) bond motifs is 1. The smallest absolute Gasteiger partial charge is 0.173 e. The van der Waals surface area contributed by atoms with Crippen molar-refractivity contribution in [1.29, 1.82) is 0 Å². The SMILES string of the molecule is COc1ccc(CCCCc2nc(-c3ccc4cnccc4c3)ns2)cc1. The van der Waals surface area contributed by atoms with Gasteiger partial charge in [0.2, 0.25) is 0 Å². The van der Waals surface area contributed by atoms with Crippen molar-refractivity contribution < 1.29 is 4.74 Å². The Morgan fingerprint density at radius 2 is 1.78 bits per heavy atom. The molecule has 0 N–H and O–H groups in total. The quantitative estimate of drug-likeness (QED) is 0.410. The predicted molar refractivity (Wildman–Crippen MR) is 110 cm³/mol. The van der Waals surface area contributed by atoms with Crippen LogP contribution >= 0.6 is 11.5 Å². The van der Waals surface area contributed by atoms with Gasteiger partial charge in [0.25, 0.3) is 0 Å². The number of hydrogen-bond donors (Lipinski definition) is 0. The lowest BCUT2D eigenvalue weighted by atomic mass is 10.1. The Balaban J connectivity index is 1.33. The zero-order valence-electron chi connectivity index (χ0n) is 15.3. The van der Waals surface area contributed by atoms with Gasteiger partial charge in [0.05, 0.1) is 7.11 Å². The molecule has 4 rings (SSSR count). The summed E-state index contributed by atoms with van der Waals surface area (Å²) in [6.45, 7) is 0. The van der Waals surface area contributed by atoms with Crippen LogP contribution in [0.25, 0.3) is 22.2 Å². The molecule has 0 aliphatic rings. The van der Waals surface area contributed by atoms with E-state index in [1.165, 1.54) is 22.5 Å². The van der Waals surface area contributed by atoms with E-state index < -0.39 is 0 Å². The number of nitrogens with zero attached hydrogens (tertiary/aromatic N) is 3. The second-order valence-electron chi connectivity index (χ2n) is 6.50. The fourth-order valence-electron chi connectivity index (χ4n) is 3.09. The van der Waals surface area contributed by atoms with Gasteiger partial charge in [-0.2, -0.15) is 4.37 Å². The molecule has 136 valence electrons. The first-order chi connectivity index (χ1) is 13.3. The third kappa shape index (κ3) is 4.31. The molecule has 0 atom stereocenters. The minimum Gasteiger partial charge on any atom is -0.497 e. The average molecular weight is 375 g/mol. The second-order valence-corrected chi connectivity index (χ2v) is 7.34. The topological polar surface area (TPSA) is 47.9 Å². The van der Waals surface area contributed by atoms with Gasteiger partial charge in [-0.15, -0.1) is 0 Å². The van der Waals surface area contributed by atoms with Gasteiger partial charge in [0, 0.05) is 29.8 Å². The number of unbranched alkanes of at least 4 members (excludes halogenated alkanes) is 1. The number of rotatable bonds is 7. The van der Waals surface area contributed by atoms with Crippen LogP contribution in [0.15, 0.2) is 60.9 Å². The summed E-state index contributed by atoms with van der Waals surface area (Å²) in [7, 11) is 1.69. The Bertz CT molecular complexity index is 1030. The van der Waals surface area contributed by atoms with Crippen LogP contribution in [0.3, 0.4) is 0 Å². The van der Waals surface area contributed by atoms with E-state index >= 15 is 0 Å². The number of benzene rings is 2. The van der Waals surface area contributed by atoms with Gasteiger partial charge < -0.3 is 4.74 Å². The van der Waals surface area contributed by atoms with Crippen molar-refractivity contribution in [3.05, 3.63) is 71.5 Å². The van der Waals surface area contributed by atoms with E-state index in [-0.39, 0.29) is 0 Å². The van der Waals surface area contributed by atoms with Gasteiger partial charge in [-0.3, -0.25) is 4.98 Å². The van der Waals surface area contributed by atoms with Crippen LogP contribution in [0.2, 0.25) is 0 Å². The summed E-state index contributed by atoms with van der Waals surface area (Å²) in [6, 6.07) is 16.6. The first-order valence-corrected chi connectivity index (χ1v) is 9.89. The maximum absolute atomic E-state index is 5.20. The molecule has 0 bridgehead atoms. The molecule has 0 unspecified atom stereocenters. The van der Waals surface area contributed by atoms with Crippen molar-refractivity contribution in [2.24, 2.45) is 0 Å². The molecule has 0 amide bonds. The van der Waals surface area contributed by atoms with Crippen LogP contribution in [-0.4, -0.2) is 21.5 Å². The monoisotopic (exact) mass is 375 g/mol. The van der Waals surface area contributed by atoms with Gasteiger partial charge in [-0.1, -0.05) is 24.3 Å². The van der Waals surface area contributed by atoms with Crippen molar-refractivity contribution >= 4 is 22.3 Å². The molecule has 0 radical (unpaired) electrons. The lowest BCUT2D eigenvalue weighted by Gasteiger charge is -2.03. The fourth-order valence-corrected chi connectivity index (χ4v) is 3.79. The summed E-state index contributed by atoms with van der Waals surface area (Å²) >= 11 is 1.51. The molecule has 27 heavy (non-hydrogen) atoms. The Hall–Kier alpha value is -2.79. The molecule has 2 aromatic carbocycles. The highest BCUT2D eigenvalue weighted by molar-refractivity contribution is 7.05. The molecule has 5 heteroatoms. The van der Waals surface area contributed by atoms with E-state index in [1.54, 1.807) is 7.11 Å². The lowest BCUT2D eigenvalue weighted by Crippen LogP contribution is -1.90. The molecule has 0 saturated carbocycles. The van der Waals surface area contributed by atoms with Crippen LogP contribution in [-0.2, 0) is 12.8 Å². The molecule has 4 nitrogen and oxygen atoms in total. The summed E-state index contributed by atoms with van der Waals surface area (Å²) in [5, 5.41) is 3.41. The van der Waals surface area contributed by atoms with E-state index in [1.807, 2.05) is 30.6 Å². The standard InChI is InChI=1S/C22H21N3OS/c1-26-20-10-6-16(7-11-20)4-2-3-5-21-24-22(25-27-21)18-8-9-19-15-23-13-12-17(19)14-18/h6-15H,2-5H2,1H3. The van der Waals surface area contributed by atoms with Gasteiger partial charge in [0.1, 0.15) is 10.8 Å². The number of hydrogen-bond acceptors (Lipinski definition) is 5. The summed E-state index contributed by atoms with van der Waals surface area (Å²) in [4.78, 5) is 8.89. The Kier molecular flexibility index (Phi) is 5.39. The van der Waals surface area contributed by atoms with E-state index in [2.05, 4.69) is 39.7 Å². The van der Waals surface area contributed by atoms with Crippen LogP contribution < -0.4 is 4.74 Å². The van der Waals surface area contributed by atoms with E-state index in [4.69, 9.17) is 9.72 Å². The molecule has 0 aliphatic carbocycles. The third-order valence-corrected chi connectivity index (χ3v) is 5.40. The van der Waals surface area contributed by atoms with Crippen LogP contribution in [0.5, 0.6) is 5.75 Å². The normalized spacial score (nSPS) is 11.0. The number of aryl methyl sites for hydroxylation is 2. The second kappa shape index (κ2) is 8.27. The van der Waals surface area contributed by atoms with Crippen molar-refractivity contribution in [1.82, 2.24) is 14.3 Å². The summed E-state index contributed by atoms with van der Waals surface area (Å²) < 4.78 is 9.75. The number of ether oxygens (including phenoxy) is 1. The maximum Gasteiger partial charge on any atom is 0.173 e. The summed E-state index contributed by atoms with van der Waals surface area (Å²) in [5.74, 6) is 1.73. The van der Waals surface area contributed by atoms with Crippen molar-refractivity contribution in [2.75, 3.05) is 7.11 Å². The van der Waals surface area contributed by atoms with E-state index in [0.29, 0.717) is 0 Å². The van der Waals surface area contributed by atoms with Gasteiger partial charge >= 0.3 is 0 Å². The van der Waals surface area contributed by atoms with Crippen molar-refractivity contribution in [2.45, 2.75) is 25.7 Å². The zero-order valence-corrected chi connectivity index (χ0v) is 16.1. The third-order valence-electron chi connectivity index (χ3n) is 4.63. The molecular weight excluding hydrogens is 354 g/mol. The van der Waals surface area contributed by atoms with Crippen molar-refractivity contribution in [3.63, 3.8) is 0 Å². The fraction of sp³-hybridized carbons (Fsp3) is 0.227. The highest BCUT2D eigenvalue weighted by Gasteiger charge is 2.07. The maximum atomic E-state index is 5.20. The van der Waals surface area contributed by atoms with Crippen LogP contribution in [0.4, 0.5) is 0 Å².